The second kappa shape index (κ2) is 7.10. The molecule has 118 valence electrons. The largest absolute Gasteiger partial charge is 0.353 e. The molecule has 1 heterocycles. The van der Waals surface area contributed by atoms with Gasteiger partial charge in [0, 0.05) is 40.9 Å². The average Bonchev–Trinajstić information content (AvgIpc) is 3.22. The maximum Gasteiger partial charge on any atom is 0.133 e. The molecule has 1 saturated carbocycles. The van der Waals surface area contributed by atoms with Crippen LogP contribution in [-0.4, -0.2) is 23.1 Å². The Morgan fingerprint density at radius 2 is 2.10 bits per heavy atom. The summed E-state index contributed by atoms with van der Waals surface area (Å²) < 4.78 is 1.06. The third kappa shape index (κ3) is 5.26. The molecule has 0 bridgehead atoms. The Kier molecular flexibility index (Phi) is 5.67. The van der Waals surface area contributed by atoms with E-state index in [-0.39, 0.29) is 5.54 Å². The first-order valence-electron chi connectivity index (χ1n) is 8.07. The van der Waals surface area contributed by atoms with Crippen LogP contribution in [0.4, 0.5) is 5.82 Å². The van der Waals surface area contributed by atoms with Gasteiger partial charge in [-0.1, -0.05) is 13.3 Å². The lowest BCUT2D eigenvalue weighted by atomic mass is 10.1. The summed E-state index contributed by atoms with van der Waals surface area (Å²) in [5, 5.41) is 3.59. The van der Waals surface area contributed by atoms with Crippen molar-refractivity contribution in [2.75, 3.05) is 11.4 Å². The van der Waals surface area contributed by atoms with Crippen LogP contribution in [0.5, 0.6) is 0 Å². The van der Waals surface area contributed by atoms with Gasteiger partial charge in [0.15, 0.2) is 0 Å². The van der Waals surface area contributed by atoms with Crippen molar-refractivity contribution in [2.45, 2.75) is 71.5 Å². The van der Waals surface area contributed by atoms with Gasteiger partial charge < -0.3 is 10.2 Å². The molecule has 1 fully saturated rings. The monoisotopic (exact) mass is 353 g/mol. The highest BCUT2D eigenvalue weighted by Crippen LogP contribution is 2.33. The van der Waals surface area contributed by atoms with Gasteiger partial charge in [0.1, 0.15) is 5.82 Å². The van der Waals surface area contributed by atoms with Gasteiger partial charge >= 0.3 is 0 Å². The number of pyridine rings is 1. The van der Waals surface area contributed by atoms with Crippen molar-refractivity contribution in [3.63, 3.8) is 0 Å². The molecule has 1 N–H and O–H groups in total. The zero-order valence-corrected chi connectivity index (χ0v) is 15.3. The van der Waals surface area contributed by atoms with Crippen LogP contribution in [0.3, 0.4) is 0 Å². The summed E-state index contributed by atoms with van der Waals surface area (Å²) >= 11 is 3.56. The van der Waals surface area contributed by atoms with Gasteiger partial charge in [-0.3, -0.25) is 0 Å². The van der Waals surface area contributed by atoms with E-state index in [9.17, 15) is 0 Å². The van der Waals surface area contributed by atoms with Crippen molar-refractivity contribution in [1.29, 1.82) is 0 Å². The smallest absolute Gasteiger partial charge is 0.133 e. The number of hydrogen-bond acceptors (Lipinski definition) is 3. The molecule has 1 aliphatic carbocycles. The Hall–Kier alpha value is -0.610. The van der Waals surface area contributed by atoms with Crippen molar-refractivity contribution in [1.82, 2.24) is 10.3 Å². The number of nitrogens with one attached hydrogen (secondary N) is 1. The summed E-state index contributed by atoms with van der Waals surface area (Å²) in [6.45, 7) is 10.8. The van der Waals surface area contributed by atoms with Gasteiger partial charge in [-0.05, 0) is 62.0 Å². The molecule has 3 nitrogen and oxygen atoms in total. The van der Waals surface area contributed by atoms with Crippen LogP contribution in [0.2, 0.25) is 0 Å². The highest BCUT2D eigenvalue weighted by atomic mass is 79.9. The van der Waals surface area contributed by atoms with Gasteiger partial charge in [-0.2, -0.15) is 0 Å². The molecule has 1 aromatic heterocycles. The standard InChI is InChI=1S/C17H28BrN3/c1-5-6-9-21(15-7-8-15)16-13(10-14(18)12-19-16)11-20-17(2,3)4/h10,12,15,20H,5-9,11H2,1-4H3. The number of aromatic nitrogens is 1. The van der Waals surface area contributed by atoms with Crippen LogP contribution in [0, 0.1) is 0 Å². The molecule has 21 heavy (non-hydrogen) atoms. The van der Waals surface area contributed by atoms with Crippen LogP contribution < -0.4 is 10.2 Å². The summed E-state index contributed by atoms with van der Waals surface area (Å²) in [5.41, 5.74) is 1.41. The van der Waals surface area contributed by atoms with Crippen molar-refractivity contribution in [3.8, 4) is 0 Å². The van der Waals surface area contributed by atoms with Crippen molar-refractivity contribution in [2.24, 2.45) is 0 Å². The highest BCUT2D eigenvalue weighted by molar-refractivity contribution is 9.10. The predicted octanol–water partition coefficient (Wildman–Crippen LogP) is 4.50. The van der Waals surface area contributed by atoms with E-state index in [2.05, 4.69) is 59.9 Å². The topological polar surface area (TPSA) is 28.2 Å². The first-order chi connectivity index (χ1) is 9.90. The van der Waals surface area contributed by atoms with Crippen LogP contribution in [0.15, 0.2) is 16.7 Å². The second-order valence-corrected chi connectivity index (χ2v) is 7.93. The number of halogens is 1. The van der Waals surface area contributed by atoms with E-state index in [0.29, 0.717) is 6.04 Å². The van der Waals surface area contributed by atoms with E-state index < -0.39 is 0 Å². The Morgan fingerprint density at radius 3 is 2.67 bits per heavy atom. The minimum atomic E-state index is 0.118. The Bertz CT molecular complexity index is 464. The van der Waals surface area contributed by atoms with Gasteiger partial charge in [0.2, 0.25) is 0 Å². The Morgan fingerprint density at radius 1 is 1.38 bits per heavy atom. The predicted molar refractivity (Wildman–Crippen MR) is 93.8 cm³/mol. The van der Waals surface area contributed by atoms with E-state index in [0.717, 1.165) is 17.6 Å². The van der Waals surface area contributed by atoms with E-state index in [1.165, 1.54) is 37.1 Å². The molecule has 1 aromatic rings. The summed E-state index contributed by atoms with van der Waals surface area (Å²) in [5.74, 6) is 1.17. The lowest BCUT2D eigenvalue weighted by molar-refractivity contribution is 0.424. The molecule has 0 atom stereocenters. The van der Waals surface area contributed by atoms with Gasteiger partial charge in [-0.25, -0.2) is 4.98 Å². The fourth-order valence-electron chi connectivity index (χ4n) is 2.40. The first kappa shape index (κ1) is 16.8. The average molecular weight is 354 g/mol. The fraction of sp³-hybridized carbons (Fsp3) is 0.706. The fourth-order valence-corrected chi connectivity index (χ4v) is 2.78. The van der Waals surface area contributed by atoms with E-state index in [4.69, 9.17) is 4.98 Å². The molecule has 0 amide bonds. The first-order valence-corrected chi connectivity index (χ1v) is 8.86. The Labute approximate surface area is 137 Å². The highest BCUT2D eigenvalue weighted by Gasteiger charge is 2.31. The van der Waals surface area contributed by atoms with Gasteiger partial charge in [0.25, 0.3) is 0 Å². The van der Waals surface area contributed by atoms with Crippen molar-refractivity contribution >= 4 is 21.7 Å². The van der Waals surface area contributed by atoms with Crippen LogP contribution >= 0.6 is 15.9 Å². The molecule has 0 radical (unpaired) electrons. The zero-order chi connectivity index (χ0) is 15.5. The van der Waals surface area contributed by atoms with Crippen LogP contribution in [0.1, 0.15) is 58.9 Å². The van der Waals surface area contributed by atoms with Crippen molar-refractivity contribution < 1.29 is 0 Å². The summed E-state index contributed by atoms with van der Waals surface area (Å²) in [6, 6.07) is 2.92. The Balaban J connectivity index is 2.19. The lowest BCUT2D eigenvalue weighted by Crippen LogP contribution is -2.36. The molecule has 0 aromatic carbocycles. The number of hydrogen-bond donors (Lipinski definition) is 1. The van der Waals surface area contributed by atoms with E-state index >= 15 is 0 Å². The summed E-state index contributed by atoms with van der Waals surface area (Å²) in [7, 11) is 0. The summed E-state index contributed by atoms with van der Waals surface area (Å²) in [4.78, 5) is 7.26. The number of unbranched alkanes of at least 4 members (excludes halogenated alkanes) is 1. The van der Waals surface area contributed by atoms with Crippen LogP contribution in [-0.2, 0) is 6.54 Å². The molecule has 2 rings (SSSR count). The minimum absolute atomic E-state index is 0.118. The molecule has 1 aliphatic rings. The maximum absolute atomic E-state index is 4.73. The van der Waals surface area contributed by atoms with Gasteiger partial charge in [0.05, 0.1) is 0 Å². The molecule has 0 spiro atoms. The molecule has 0 aliphatic heterocycles. The minimum Gasteiger partial charge on any atom is -0.353 e. The third-order valence-electron chi connectivity index (χ3n) is 3.73. The SMILES string of the molecule is CCCCN(c1ncc(Br)cc1CNC(C)(C)C)C1CC1. The normalized spacial score (nSPS) is 15.3. The summed E-state index contributed by atoms with van der Waals surface area (Å²) in [6.07, 6.45) is 7.02. The van der Waals surface area contributed by atoms with Crippen molar-refractivity contribution in [3.05, 3.63) is 22.3 Å². The molecule has 4 heteroatoms. The lowest BCUT2D eigenvalue weighted by Gasteiger charge is -2.27. The number of anilines is 1. The zero-order valence-electron chi connectivity index (χ0n) is 13.7. The van der Waals surface area contributed by atoms with E-state index in [1.807, 2.05) is 6.20 Å². The number of nitrogens with zero attached hydrogens (tertiary/aromatic N) is 2. The molecule has 0 saturated heterocycles. The van der Waals surface area contributed by atoms with Crippen LogP contribution in [0.25, 0.3) is 0 Å². The quantitative estimate of drug-likeness (QED) is 0.781. The molecular weight excluding hydrogens is 326 g/mol. The third-order valence-corrected chi connectivity index (χ3v) is 4.16. The molecular formula is C17H28BrN3. The number of rotatable bonds is 7. The van der Waals surface area contributed by atoms with Gasteiger partial charge in [-0.15, -0.1) is 0 Å². The second-order valence-electron chi connectivity index (χ2n) is 7.02. The maximum atomic E-state index is 4.73. The molecule has 0 unspecified atom stereocenters. The van der Waals surface area contributed by atoms with E-state index in [1.54, 1.807) is 0 Å².